The number of fused-ring (bicyclic) bond motifs is 1. The molecule has 2 aromatic carbocycles. The van der Waals surface area contributed by atoms with Crippen molar-refractivity contribution in [3.63, 3.8) is 0 Å². The molecule has 0 saturated carbocycles. The second-order valence-corrected chi connectivity index (χ2v) is 6.26. The van der Waals surface area contributed by atoms with Crippen molar-refractivity contribution in [2.24, 2.45) is 7.05 Å². The predicted octanol–water partition coefficient (Wildman–Crippen LogP) is 2.27. The van der Waals surface area contributed by atoms with Gasteiger partial charge in [0.15, 0.2) is 6.61 Å². The van der Waals surface area contributed by atoms with Crippen molar-refractivity contribution >= 4 is 17.5 Å². The zero-order valence-corrected chi connectivity index (χ0v) is 14.7. The lowest BCUT2D eigenvalue weighted by molar-refractivity contribution is -0.118. The third-order valence-electron chi connectivity index (χ3n) is 4.40. The van der Waals surface area contributed by atoms with Crippen LogP contribution in [0.3, 0.4) is 0 Å². The number of carbonyl (C=O) groups excluding carboxylic acids is 2. The highest BCUT2D eigenvalue weighted by Crippen LogP contribution is 2.29. The van der Waals surface area contributed by atoms with Crippen molar-refractivity contribution in [2.75, 3.05) is 11.9 Å². The maximum Gasteiger partial charge on any atom is 0.262 e. The normalized spacial score (nSPS) is 13.9. The maximum absolute atomic E-state index is 12.9. The van der Waals surface area contributed by atoms with Crippen LogP contribution < -0.4 is 15.4 Å². The molecule has 2 heterocycles. The van der Waals surface area contributed by atoms with E-state index >= 15 is 0 Å². The highest BCUT2D eigenvalue weighted by molar-refractivity contribution is 5.99. The van der Waals surface area contributed by atoms with Crippen molar-refractivity contribution in [1.82, 2.24) is 14.9 Å². The van der Waals surface area contributed by atoms with E-state index in [9.17, 15) is 9.59 Å². The van der Waals surface area contributed by atoms with Crippen LogP contribution in [0.2, 0.25) is 0 Å². The minimum Gasteiger partial charge on any atom is -0.482 e. The Morgan fingerprint density at radius 1 is 1.26 bits per heavy atom. The molecular weight excluding hydrogens is 344 g/mol. The topological polar surface area (TPSA) is 85.2 Å². The van der Waals surface area contributed by atoms with Crippen molar-refractivity contribution in [3.05, 3.63) is 77.9 Å². The third-order valence-corrected chi connectivity index (χ3v) is 4.40. The summed E-state index contributed by atoms with van der Waals surface area (Å²) in [4.78, 5) is 28.7. The number of amides is 2. The lowest BCUT2D eigenvalue weighted by Crippen LogP contribution is -2.31. The first-order chi connectivity index (χ1) is 13.1. The molecule has 0 spiro atoms. The highest BCUT2D eigenvalue weighted by atomic mass is 16.5. The number of hydrogen-bond acceptors (Lipinski definition) is 4. The average Bonchev–Trinajstić information content (AvgIpc) is 3.11. The van der Waals surface area contributed by atoms with Gasteiger partial charge in [0.05, 0.1) is 5.69 Å². The first kappa shape index (κ1) is 16.8. The lowest BCUT2D eigenvalue weighted by atomic mass is 10.0. The minimum absolute atomic E-state index is 0.0576. The zero-order chi connectivity index (χ0) is 18.8. The summed E-state index contributed by atoms with van der Waals surface area (Å²) in [7, 11) is 1.89. The Morgan fingerprint density at radius 2 is 2.07 bits per heavy atom. The fourth-order valence-electron chi connectivity index (χ4n) is 3.03. The molecule has 3 aromatic rings. The molecule has 7 nitrogen and oxygen atoms in total. The molecule has 4 rings (SSSR count). The molecule has 1 aromatic heterocycles. The van der Waals surface area contributed by atoms with Gasteiger partial charge in [-0.05, 0) is 23.8 Å². The van der Waals surface area contributed by atoms with Gasteiger partial charge in [-0.25, -0.2) is 4.98 Å². The van der Waals surface area contributed by atoms with Crippen LogP contribution in [-0.4, -0.2) is 28.0 Å². The van der Waals surface area contributed by atoms with Gasteiger partial charge >= 0.3 is 0 Å². The molecule has 1 unspecified atom stereocenters. The molecule has 0 saturated heterocycles. The third kappa shape index (κ3) is 3.39. The van der Waals surface area contributed by atoms with Crippen molar-refractivity contribution in [1.29, 1.82) is 0 Å². The number of carbonyl (C=O) groups is 2. The summed E-state index contributed by atoms with van der Waals surface area (Å²) >= 11 is 0. The number of aromatic nitrogens is 2. The summed E-state index contributed by atoms with van der Waals surface area (Å²) in [5.41, 5.74) is 1.94. The molecule has 1 aliphatic heterocycles. The molecular formula is C20H18N4O3. The second-order valence-electron chi connectivity index (χ2n) is 6.26. The molecule has 0 radical (unpaired) electrons. The average molecular weight is 362 g/mol. The van der Waals surface area contributed by atoms with Gasteiger partial charge in [-0.1, -0.05) is 30.3 Å². The van der Waals surface area contributed by atoms with Gasteiger partial charge in [-0.2, -0.15) is 0 Å². The number of benzene rings is 2. The SMILES string of the molecule is Cn1ccnc1C(NC(=O)c1ccc2c(c1)OCC(=O)N2)c1ccccc1. The maximum atomic E-state index is 12.9. The molecule has 0 bridgehead atoms. The van der Waals surface area contributed by atoms with E-state index in [0.717, 1.165) is 11.4 Å². The fraction of sp³-hybridized carbons (Fsp3) is 0.150. The van der Waals surface area contributed by atoms with Crippen molar-refractivity contribution in [2.45, 2.75) is 6.04 Å². The summed E-state index contributed by atoms with van der Waals surface area (Å²) in [5, 5.41) is 5.76. The van der Waals surface area contributed by atoms with Crippen LogP contribution in [0, 0.1) is 0 Å². The summed E-state index contributed by atoms with van der Waals surface area (Å²) in [6.07, 6.45) is 3.54. The van der Waals surface area contributed by atoms with Gasteiger partial charge in [0.1, 0.15) is 17.6 Å². The molecule has 2 N–H and O–H groups in total. The Balaban J connectivity index is 1.63. The number of aryl methyl sites for hydroxylation is 1. The number of imidazole rings is 1. The summed E-state index contributed by atoms with van der Waals surface area (Å²) in [6, 6.07) is 14.2. The van der Waals surface area contributed by atoms with E-state index in [0.29, 0.717) is 17.0 Å². The van der Waals surface area contributed by atoms with E-state index in [2.05, 4.69) is 15.6 Å². The van der Waals surface area contributed by atoms with Gasteiger partial charge in [-0.15, -0.1) is 0 Å². The summed E-state index contributed by atoms with van der Waals surface area (Å²) in [6.45, 7) is -0.0576. The number of anilines is 1. The standard InChI is InChI=1S/C20H18N4O3/c1-24-10-9-21-19(24)18(13-5-3-2-4-6-13)23-20(26)14-7-8-15-16(11-14)27-12-17(25)22-15/h2-11,18H,12H2,1H3,(H,22,25)(H,23,26). The van der Waals surface area contributed by atoms with Gasteiger partial charge in [0, 0.05) is 25.0 Å². The Labute approximate surface area is 156 Å². The van der Waals surface area contributed by atoms with E-state index in [-0.39, 0.29) is 18.4 Å². The largest absolute Gasteiger partial charge is 0.482 e. The van der Waals surface area contributed by atoms with Crippen LogP contribution in [0.25, 0.3) is 0 Å². The van der Waals surface area contributed by atoms with Crippen molar-refractivity contribution < 1.29 is 14.3 Å². The highest BCUT2D eigenvalue weighted by Gasteiger charge is 2.23. The number of nitrogens with zero attached hydrogens (tertiary/aromatic N) is 2. The van der Waals surface area contributed by atoms with E-state index in [1.165, 1.54) is 0 Å². The Hall–Kier alpha value is -3.61. The van der Waals surface area contributed by atoms with E-state index in [1.807, 2.05) is 48.1 Å². The summed E-state index contributed by atoms with van der Waals surface area (Å²) in [5.74, 6) is 0.750. The molecule has 0 fully saturated rings. The van der Waals surface area contributed by atoms with Gasteiger partial charge < -0.3 is 19.9 Å². The van der Waals surface area contributed by atoms with Crippen LogP contribution in [0.4, 0.5) is 5.69 Å². The van der Waals surface area contributed by atoms with Gasteiger partial charge in [0.2, 0.25) is 0 Å². The number of hydrogen-bond donors (Lipinski definition) is 2. The first-order valence-corrected chi connectivity index (χ1v) is 8.51. The number of ether oxygens (including phenoxy) is 1. The molecule has 1 atom stereocenters. The van der Waals surface area contributed by atoms with Gasteiger partial charge in [-0.3, -0.25) is 9.59 Å². The van der Waals surface area contributed by atoms with Gasteiger partial charge in [0.25, 0.3) is 11.8 Å². The van der Waals surface area contributed by atoms with Crippen LogP contribution in [0.1, 0.15) is 27.8 Å². The minimum atomic E-state index is -0.393. The van der Waals surface area contributed by atoms with Crippen LogP contribution in [0.5, 0.6) is 5.75 Å². The Kier molecular flexibility index (Phi) is 4.33. The smallest absolute Gasteiger partial charge is 0.262 e. The predicted molar refractivity (Wildman–Crippen MR) is 99.5 cm³/mol. The molecule has 27 heavy (non-hydrogen) atoms. The van der Waals surface area contributed by atoms with E-state index < -0.39 is 6.04 Å². The molecule has 2 amide bonds. The summed E-state index contributed by atoms with van der Waals surface area (Å²) < 4.78 is 7.28. The fourth-order valence-corrected chi connectivity index (χ4v) is 3.03. The quantitative estimate of drug-likeness (QED) is 0.746. The second kappa shape index (κ2) is 6.95. The van der Waals surface area contributed by atoms with E-state index in [4.69, 9.17) is 4.74 Å². The Morgan fingerprint density at radius 3 is 2.81 bits per heavy atom. The zero-order valence-electron chi connectivity index (χ0n) is 14.7. The first-order valence-electron chi connectivity index (χ1n) is 8.51. The van der Waals surface area contributed by atoms with Crippen molar-refractivity contribution in [3.8, 4) is 5.75 Å². The monoisotopic (exact) mass is 362 g/mol. The van der Waals surface area contributed by atoms with Crippen LogP contribution in [0.15, 0.2) is 60.9 Å². The molecule has 7 heteroatoms. The number of rotatable bonds is 4. The molecule has 136 valence electrons. The van der Waals surface area contributed by atoms with Crippen LogP contribution in [-0.2, 0) is 11.8 Å². The van der Waals surface area contributed by atoms with Crippen LogP contribution >= 0.6 is 0 Å². The van der Waals surface area contributed by atoms with E-state index in [1.54, 1.807) is 24.4 Å². The lowest BCUT2D eigenvalue weighted by Gasteiger charge is -2.21. The Bertz CT molecular complexity index is 997. The number of nitrogens with one attached hydrogen (secondary N) is 2. The molecule has 0 aliphatic carbocycles. The molecule has 1 aliphatic rings.